The first-order chi connectivity index (χ1) is 14.9. The van der Waals surface area contributed by atoms with Crippen molar-refractivity contribution < 1.29 is 23.8 Å². The number of thiazole rings is 1. The Morgan fingerprint density at radius 3 is 2.61 bits per heavy atom. The molecular formula is C20H20N4O6S. The molecule has 10 nitrogen and oxygen atoms in total. The minimum Gasteiger partial charge on any atom is -0.493 e. The van der Waals surface area contributed by atoms with Gasteiger partial charge in [-0.1, -0.05) is 0 Å². The molecule has 0 bridgehead atoms. The van der Waals surface area contributed by atoms with E-state index in [9.17, 15) is 14.4 Å². The van der Waals surface area contributed by atoms with Gasteiger partial charge in [-0.25, -0.2) is 14.5 Å². The van der Waals surface area contributed by atoms with Gasteiger partial charge in [0.25, 0.3) is 5.56 Å². The number of carbonyl (C=O) groups is 2. The lowest BCUT2D eigenvalue weighted by Gasteiger charge is -2.10. The predicted octanol–water partition coefficient (Wildman–Crippen LogP) is 2.20. The number of hydrogen-bond donors (Lipinski definition) is 1. The first-order valence-electron chi connectivity index (χ1n) is 9.18. The average molecular weight is 444 g/mol. The fraction of sp³-hybridized carbons (Fsp3) is 0.250. The molecule has 0 aliphatic carbocycles. The second kappa shape index (κ2) is 9.85. The number of nitrogens with one attached hydrogen (secondary N) is 1. The van der Waals surface area contributed by atoms with Gasteiger partial charge in [0.15, 0.2) is 22.3 Å². The molecule has 31 heavy (non-hydrogen) atoms. The number of anilines is 1. The van der Waals surface area contributed by atoms with E-state index in [1.165, 1.54) is 25.7 Å². The van der Waals surface area contributed by atoms with Crippen molar-refractivity contribution >= 4 is 28.3 Å². The molecule has 1 amide bonds. The molecule has 3 rings (SSSR count). The third-order valence-corrected chi connectivity index (χ3v) is 4.83. The van der Waals surface area contributed by atoms with Crippen LogP contribution in [0.4, 0.5) is 5.13 Å². The second-order valence-corrected chi connectivity index (χ2v) is 6.95. The molecule has 2 heterocycles. The van der Waals surface area contributed by atoms with Crippen LogP contribution in [0, 0.1) is 0 Å². The molecule has 2 aromatic heterocycles. The van der Waals surface area contributed by atoms with Crippen LogP contribution in [-0.2, 0) is 16.1 Å². The summed E-state index contributed by atoms with van der Waals surface area (Å²) in [5.74, 6) is -0.00775. The summed E-state index contributed by atoms with van der Waals surface area (Å²) in [7, 11) is 3.05. The smallest absolute Gasteiger partial charge is 0.357 e. The molecule has 3 aromatic rings. The van der Waals surface area contributed by atoms with E-state index in [4.69, 9.17) is 14.2 Å². The number of hydrogen-bond acceptors (Lipinski definition) is 9. The van der Waals surface area contributed by atoms with Gasteiger partial charge in [0.05, 0.1) is 26.5 Å². The molecule has 0 fully saturated rings. The molecule has 0 aliphatic rings. The van der Waals surface area contributed by atoms with E-state index in [0.717, 1.165) is 16.0 Å². The predicted molar refractivity (Wildman–Crippen MR) is 114 cm³/mol. The Bertz CT molecular complexity index is 1160. The minimum atomic E-state index is -0.570. The SMILES string of the molecule is CCOC(=O)c1csc(NC(=O)Cn2nc(-c3ccc(OC)c(OC)c3)ccc2=O)n1. The van der Waals surface area contributed by atoms with Crippen molar-refractivity contribution in [3.63, 3.8) is 0 Å². The molecule has 1 aromatic carbocycles. The van der Waals surface area contributed by atoms with Crippen LogP contribution in [0.3, 0.4) is 0 Å². The molecular weight excluding hydrogens is 424 g/mol. The highest BCUT2D eigenvalue weighted by Crippen LogP contribution is 2.31. The summed E-state index contributed by atoms with van der Waals surface area (Å²) in [5.41, 5.74) is 0.830. The normalized spacial score (nSPS) is 10.4. The maximum Gasteiger partial charge on any atom is 0.357 e. The fourth-order valence-electron chi connectivity index (χ4n) is 2.64. The number of benzene rings is 1. The van der Waals surface area contributed by atoms with Crippen LogP contribution in [0.15, 0.2) is 40.5 Å². The molecule has 11 heteroatoms. The standard InChI is InChI=1S/C20H20N4O6S/c1-4-30-19(27)14-11-31-20(21-14)22-17(25)10-24-18(26)8-6-13(23-24)12-5-7-15(28-2)16(9-12)29-3/h5-9,11H,4,10H2,1-3H3,(H,21,22,25). The molecule has 0 saturated heterocycles. The van der Waals surface area contributed by atoms with Gasteiger partial charge >= 0.3 is 5.97 Å². The van der Waals surface area contributed by atoms with Crippen LogP contribution in [0.5, 0.6) is 11.5 Å². The largest absolute Gasteiger partial charge is 0.493 e. The number of methoxy groups -OCH3 is 2. The molecule has 162 valence electrons. The average Bonchev–Trinajstić information content (AvgIpc) is 3.23. The van der Waals surface area contributed by atoms with Crippen LogP contribution < -0.4 is 20.3 Å². The Morgan fingerprint density at radius 1 is 1.13 bits per heavy atom. The van der Waals surface area contributed by atoms with E-state index in [-0.39, 0.29) is 24.0 Å². The van der Waals surface area contributed by atoms with Gasteiger partial charge in [0, 0.05) is 17.0 Å². The second-order valence-electron chi connectivity index (χ2n) is 6.09. The van der Waals surface area contributed by atoms with Crippen molar-refractivity contribution in [2.75, 3.05) is 26.1 Å². The maximum absolute atomic E-state index is 12.4. The van der Waals surface area contributed by atoms with Crippen molar-refractivity contribution in [3.05, 3.63) is 51.8 Å². The molecule has 0 spiro atoms. The summed E-state index contributed by atoms with van der Waals surface area (Å²) < 4.78 is 16.4. The first-order valence-corrected chi connectivity index (χ1v) is 10.1. The monoisotopic (exact) mass is 444 g/mol. The molecule has 0 aliphatic heterocycles. The number of nitrogens with zero attached hydrogens (tertiary/aromatic N) is 3. The van der Waals surface area contributed by atoms with Gasteiger partial charge in [-0.15, -0.1) is 11.3 Å². The van der Waals surface area contributed by atoms with E-state index in [1.54, 1.807) is 31.2 Å². The summed E-state index contributed by atoms with van der Waals surface area (Å²) in [5, 5.41) is 8.52. The number of aromatic nitrogens is 3. The Morgan fingerprint density at radius 2 is 1.90 bits per heavy atom. The molecule has 0 atom stereocenters. The van der Waals surface area contributed by atoms with Gasteiger partial charge < -0.3 is 19.5 Å². The molecule has 0 radical (unpaired) electrons. The summed E-state index contributed by atoms with van der Waals surface area (Å²) in [4.78, 5) is 40.2. The Hall–Kier alpha value is -3.73. The highest BCUT2D eigenvalue weighted by molar-refractivity contribution is 7.14. The van der Waals surface area contributed by atoms with Crippen molar-refractivity contribution in [1.29, 1.82) is 0 Å². The molecule has 0 unspecified atom stereocenters. The number of carbonyl (C=O) groups excluding carboxylic acids is 2. The fourth-order valence-corrected chi connectivity index (χ4v) is 3.33. The lowest BCUT2D eigenvalue weighted by molar-refractivity contribution is -0.117. The summed E-state index contributed by atoms with van der Waals surface area (Å²) in [6.45, 7) is 1.59. The Balaban J connectivity index is 1.76. The summed E-state index contributed by atoms with van der Waals surface area (Å²) in [6, 6.07) is 8.11. The zero-order valence-electron chi connectivity index (χ0n) is 17.1. The van der Waals surface area contributed by atoms with Gasteiger partial charge in [0.1, 0.15) is 6.54 Å². The zero-order valence-corrected chi connectivity index (χ0v) is 17.9. The van der Waals surface area contributed by atoms with Gasteiger partial charge in [-0.3, -0.25) is 9.59 Å². The van der Waals surface area contributed by atoms with Gasteiger partial charge in [0.2, 0.25) is 5.91 Å². The topological polar surface area (TPSA) is 122 Å². The summed E-state index contributed by atoms with van der Waals surface area (Å²) >= 11 is 1.08. The van der Waals surface area contributed by atoms with Crippen molar-refractivity contribution in [3.8, 4) is 22.8 Å². The lowest BCUT2D eigenvalue weighted by atomic mass is 10.1. The van der Waals surface area contributed by atoms with Gasteiger partial charge in [-0.05, 0) is 31.2 Å². The van der Waals surface area contributed by atoms with Crippen LogP contribution in [0.1, 0.15) is 17.4 Å². The number of rotatable bonds is 8. The Kier molecular flexibility index (Phi) is 6.98. The highest BCUT2D eigenvalue weighted by atomic mass is 32.1. The van der Waals surface area contributed by atoms with Crippen LogP contribution >= 0.6 is 11.3 Å². The van der Waals surface area contributed by atoms with Crippen molar-refractivity contribution in [2.45, 2.75) is 13.5 Å². The number of amides is 1. The number of esters is 1. The van der Waals surface area contributed by atoms with Crippen molar-refractivity contribution in [2.24, 2.45) is 0 Å². The zero-order chi connectivity index (χ0) is 22.4. The van der Waals surface area contributed by atoms with Crippen LogP contribution in [0.2, 0.25) is 0 Å². The third kappa shape index (κ3) is 5.25. The van der Waals surface area contributed by atoms with E-state index in [0.29, 0.717) is 22.8 Å². The van der Waals surface area contributed by atoms with E-state index in [1.807, 2.05) is 0 Å². The quantitative estimate of drug-likeness (QED) is 0.525. The van der Waals surface area contributed by atoms with E-state index < -0.39 is 17.4 Å². The highest BCUT2D eigenvalue weighted by Gasteiger charge is 2.15. The van der Waals surface area contributed by atoms with Crippen LogP contribution in [0.25, 0.3) is 11.3 Å². The molecule has 1 N–H and O–H groups in total. The lowest BCUT2D eigenvalue weighted by Crippen LogP contribution is -2.29. The maximum atomic E-state index is 12.4. The first kappa shape index (κ1) is 22.0. The Labute approximate surface area is 181 Å². The van der Waals surface area contributed by atoms with Gasteiger partial charge in [-0.2, -0.15) is 5.10 Å². The minimum absolute atomic E-state index is 0.105. The molecule has 0 saturated carbocycles. The third-order valence-electron chi connectivity index (χ3n) is 4.07. The van der Waals surface area contributed by atoms with E-state index in [2.05, 4.69) is 15.4 Å². The van der Waals surface area contributed by atoms with Crippen LogP contribution in [-0.4, -0.2) is 47.5 Å². The van der Waals surface area contributed by atoms with E-state index >= 15 is 0 Å². The summed E-state index contributed by atoms with van der Waals surface area (Å²) in [6.07, 6.45) is 0. The van der Waals surface area contributed by atoms with Crippen molar-refractivity contribution in [1.82, 2.24) is 14.8 Å². The number of ether oxygens (including phenoxy) is 3.